The van der Waals surface area contributed by atoms with Gasteiger partial charge in [-0.05, 0) is 39.2 Å². The number of aromatic nitrogens is 2. The van der Waals surface area contributed by atoms with Gasteiger partial charge in [-0.25, -0.2) is 4.98 Å². The largest absolute Gasteiger partial charge is 0.351 e. The van der Waals surface area contributed by atoms with Crippen LogP contribution in [-0.2, 0) is 10.2 Å². The summed E-state index contributed by atoms with van der Waals surface area (Å²) in [5, 5.41) is 9.71. The molecule has 1 aromatic heterocycles. The summed E-state index contributed by atoms with van der Waals surface area (Å²) < 4.78 is 0. The molecule has 1 aromatic rings. The molecule has 1 aliphatic carbocycles. The first-order valence-electron chi connectivity index (χ1n) is 7.36. The van der Waals surface area contributed by atoms with E-state index in [2.05, 4.69) is 32.8 Å². The Morgan fingerprint density at radius 3 is 3.05 bits per heavy atom. The first-order chi connectivity index (χ1) is 9.67. The Bertz CT molecular complexity index is 569. The van der Waals surface area contributed by atoms with Gasteiger partial charge in [-0.1, -0.05) is 0 Å². The fraction of sp³-hybridized carbons (Fsp3) is 0.643. The van der Waals surface area contributed by atoms with Crippen LogP contribution in [0.3, 0.4) is 0 Å². The molecule has 3 aliphatic rings. The van der Waals surface area contributed by atoms with E-state index in [0.29, 0.717) is 23.8 Å². The fourth-order valence-corrected chi connectivity index (χ4v) is 3.31. The van der Waals surface area contributed by atoms with Gasteiger partial charge < -0.3 is 16.0 Å². The number of carbonyl (C=O) groups is 1. The monoisotopic (exact) mass is 273 g/mol. The van der Waals surface area contributed by atoms with Crippen LogP contribution in [0.1, 0.15) is 38.2 Å². The number of anilines is 2. The van der Waals surface area contributed by atoms with Gasteiger partial charge in [0.2, 0.25) is 11.9 Å². The highest BCUT2D eigenvalue weighted by Crippen LogP contribution is 2.54. The Kier molecular flexibility index (Phi) is 2.51. The van der Waals surface area contributed by atoms with Crippen molar-refractivity contribution in [2.45, 2.75) is 50.1 Å². The van der Waals surface area contributed by atoms with Gasteiger partial charge in [0, 0.05) is 23.8 Å². The second-order valence-corrected chi connectivity index (χ2v) is 6.21. The maximum Gasteiger partial charge on any atom is 0.236 e. The second-order valence-electron chi connectivity index (χ2n) is 6.21. The van der Waals surface area contributed by atoms with Gasteiger partial charge in [0.25, 0.3) is 0 Å². The minimum absolute atomic E-state index is 0.0921. The number of nitrogens with one attached hydrogen (secondary N) is 3. The lowest BCUT2D eigenvalue weighted by Crippen LogP contribution is -2.41. The second kappa shape index (κ2) is 4.15. The van der Waals surface area contributed by atoms with Crippen LogP contribution in [0.2, 0.25) is 0 Å². The summed E-state index contributed by atoms with van der Waals surface area (Å²) in [7, 11) is 0. The van der Waals surface area contributed by atoms with Crippen LogP contribution >= 0.6 is 0 Å². The average molecular weight is 273 g/mol. The van der Waals surface area contributed by atoms with Crippen molar-refractivity contribution in [3.8, 4) is 0 Å². The Morgan fingerprint density at radius 2 is 2.30 bits per heavy atom. The predicted molar refractivity (Wildman–Crippen MR) is 75.7 cm³/mol. The summed E-state index contributed by atoms with van der Waals surface area (Å²) in [6.45, 7) is 3.21. The molecule has 6 heteroatoms. The van der Waals surface area contributed by atoms with Crippen molar-refractivity contribution in [3.63, 3.8) is 0 Å². The van der Waals surface area contributed by atoms with Crippen LogP contribution in [0, 0.1) is 0 Å². The molecule has 4 rings (SSSR count). The number of piperidine rings is 1. The summed E-state index contributed by atoms with van der Waals surface area (Å²) in [6.07, 6.45) is 5.81. The third-order valence-electron chi connectivity index (χ3n) is 4.68. The van der Waals surface area contributed by atoms with E-state index in [-0.39, 0.29) is 11.3 Å². The first-order valence-corrected chi connectivity index (χ1v) is 7.36. The predicted octanol–water partition coefficient (Wildman–Crippen LogP) is 1.01. The molecule has 106 valence electrons. The zero-order chi connectivity index (χ0) is 13.7. The summed E-state index contributed by atoms with van der Waals surface area (Å²) in [5.41, 5.74) is 0.684. The van der Waals surface area contributed by atoms with E-state index < -0.39 is 0 Å². The molecule has 2 unspecified atom stereocenters. The van der Waals surface area contributed by atoms with Gasteiger partial charge in [-0.15, -0.1) is 0 Å². The molecular weight excluding hydrogens is 254 g/mol. The van der Waals surface area contributed by atoms with Gasteiger partial charge in [0.05, 0.1) is 5.41 Å². The van der Waals surface area contributed by atoms with Gasteiger partial charge in [0.15, 0.2) is 0 Å². The molecule has 2 aliphatic heterocycles. The number of nitrogens with zero attached hydrogens (tertiary/aromatic N) is 2. The minimum Gasteiger partial charge on any atom is -0.351 e. The van der Waals surface area contributed by atoms with E-state index in [1.165, 1.54) is 0 Å². The maximum absolute atomic E-state index is 12.0. The molecule has 6 nitrogen and oxygen atoms in total. The van der Waals surface area contributed by atoms with Crippen molar-refractivity contribution in [1.82, 2.24) is 15.3 Å². The van der Waals surface area contributed by atoms with Gasteiger partial charge in [-0.3, -0.25) is 4.79 Å². The summed E-state index contributed by atoms with van der Waals surface area (Å²) >= 11 is 0. The van der Waals surface area contributed by atoms with Gasteiger partial charge >= 0.3 is 0 Å². The average Bonchev–Trinajstić information content (AvgIpc) is 3.15. The minimum atomic E-state index is -0.295. The Labute approximate surface area is 117 Å². The van der Waals surface area contributed by atoms with E-state index in [1.807, 2.05) is 6.20 Å². The van der Waals surface area contributed by atoms with E-state index in [0.717, 1.165) is 37.8 Å². The number of rotatable bonds is 2. The highest BCUT2D eigenvalue weighted by molar-refractivity contribution is 6.07. The summed E-state index contributed by atoms with van der Waals surface area (Å²) in [6, 6.07) is 0.918. The number of amides is 1. The quantitative estimate of drug-likeness (QED) is 0.749. The third-order valence-corrected chi connectivity index (χ3v) is 4.68. The van der Waals surface area contributed by atoms with Crippen LogP contribution in [0.4, 0.5) is 11.8 Å². The zero-order valence-corrected chi connectivity index (χ0v) is 11.6. The molecule has 0 radical (unpaired) electrons. The van der Waals surface area contributed by atoms with Gasteiger partial charge in [-0.2, -0.15) is 4.98 Å². The first kappa shape index (κ1) is 12.1. The van der Waals surface area contributed by atoms with E-state index in [9.17, 15) is 4.79 Å². The number of hydrogen-bond acceptors (Lipinski definition) is 5. The lowest BCUT2D eigenvalue weighted by Gasteiger charge is -2.28. The highest BCUT2D eigenvalue weighted by atomic mass is 16.2. The Balaban J connectivity index is 1.54. The van der Waals surface area contributed by atoms with Crippen LogP contribution in [0.15, 0.2) is 6.20 Å². The highest BCUT2D eigenvalue weighted by Gasteiger charge is 2.57. The molecule has 1 amide bonds. The molecular formula is C14H19N5O. The lowest BCUT2D eigenvalue weighted by atomic mass is 10.0. The van der Waals surface area contributed by atoms with Crippen LogP contribution in [0.5, 0.6) is 0 Å². The summed E-state index contributed by atoms with van der Waals surface area (Å²) in [5.74, 6) is 1.42. The number of carbonyl (C=O) groups excluding carboxylic acids is 1. The van der Waals surface area contributed by atoms with E-state index in [1.54, 1.807) is 0 Å². The third kappa shape index (κ3) is 1.78. The molecule has 0 bridgehead atoms. The molecule has 3 heterocycles. The van der Waals surface area contributed by atoms with Crippen molar-refractivity contribution in [3.05, 3.63) is 11.8 Å². The molecule has 2 atom stereocenters. The molecule has 1 saturated carbocycles. The summed E-state index contributed by atoms with van der Waals surface area (Å²) in [4.78, 5) is 20.8. The molecule has 3 N–H and O–H groups in total. The fourth-order valence-electron chi connectivity index (χ4n) is 3.31. The molecule has 1 spiro atoms. The Hall–Kier alpha value is -1.69. The molecule has 1 saturated heterocycles. The maximum atomic E-state index is 12.0. The molecule has 0 aromatic carbocycles. The van der Waals surface area contributed by atoms with Crippen molar-refractivity contribution in [2.24, 2.45) is 0 Å². The van der Waals surface area contributed by atoms with E-state index >= 15 is 0 Å². The lowest BCUT2D eigenvalue weighted by molar-refractivity contribution is -0.117. The van der Waals surface area contributed by atoms with Crippen molar-refractivity contribution < 1.29 is 4.79 Å². The topological polar surface area (TPSA) is 78.9 Å². The number of hydrogen-bond donors (Lipinski definition) is 3. The van der Waals surface area contributed by atoms with Crippen molar-refractivity contribution in [1.29, 1.82) is 0 Å². The molecule has 2 fully saturated rings. The van der Waals surface area contributed by atoms with Crippen molar-refractivity contribution in [2.75, 3.05) is 17.2 Å². The molecule has 20 heavy (non-hydrogen) atoms. The van der Waals surface area contributed by atoms with Crippen LogP contribution in [-0.4, -0.2) is 34.5 Å². The van der Waals surface area contributed by atoms with Crippen LogP contribution < -0.4 is 16.0 Å². The number of fused-ring (bicyclic) bond motifs is 2. The van der Waals surface area contributed by atoms with E-state index in [4.69, 9.17) is 0 Å². The normalized spacial score (nSPS) is 29.9. The zero-order valence-electron chi connectivity index (χ0n) is 11.6. The Morgan fingerprint density at radius 1 is 1.45 bits per heavy atom. The van der Waals surface area contributed by atoms with Crippen molar-refractivity contribution >= 4 is 17.7 Å². The van der Waals surface area contributed by atoms with Crippen LogP contribution in [0.25, 0.3) is 0 Å². The van der Waals surface area contributed by atoms with Gasteiger partial charge in [0.1, 0.15) is 5.82 Å². The standard InChI is InChI=1S/C14H19N5O/c1-8-6-9(2-5-15-8)17-13-16-7-10-11(19-13)18-12(20)14(10)3-4-14/h7-9,15H,2-6H2,1H3,(H2,16,17,18,19,20). The SMILES string of the molecule is CC1CC(Nc2ncc3c(n2)NC(=O)C32CC2)CCN1. The smallest absolute Gasteiger partial charge is 0.236 e.